The normalized spacial score (nSPS) is 11.4. The van der Waals surface area contributed by atoms with Crippen molar-refractivity contribution in [2.45, 2.75) is 10.3 Å². The van der Waals surface area contributed by atoms with Crippen LogP contribution in [0.25, 0.3) is 22.2 Å². The smallest absolute Gasteiger partial charge is 0.262 e. The topological polar surface area (TPSA) is 80.9 Å². The summed E-state index contributed by atoms with van der Waals surface area (Å²) in [6, 6.07) is 15.5. The molecule has 0 aliphatic rings. The zero-order valence-electron chi connectivity index (χ0n) is 13.4. The summed E-state index contributed by atoms with van der Waals surface area (Å²) in [4.78, 5) is 24.3. The summed E-state index contributed by atoms with van der Waals surface area (Å²) in [6.07, 6.45) is 5.25. The van der Waals surface area contributed by atoms with E-state index in [4.69, 9.17) is 0 Å². The van der Waals surface area contributed by atoms with E-state index in [0.29, 0.717) is 16.2 Å². The average molecular weight is 360 g/mol. The van der Waals surface area contributed by atoms with Gasteiger partial charge in [0.1, 0.15) is 5.39 Å². The third-order valence-electron chi connectivity index (χ3n) is 4.01. The summed E-state index contributed by atoms with van der Waals surface area (Å²) in [5.74, 6) is 0. The molecule has 0 saturated carbocycles. The molecule has 0 bridgehead atoms. The number of aromatic nitrogens is 6. The van der Waals surface area contributed by atoms with Gasteiger partial charge in [-0.15, -0.1) is 0 Å². The number of para-hydroxylation sites is 1. The summed E-state index contributed by atoms with van der Waals surface area (Å²) in [7, 11) is 0. The van der Waals surface area contributed by atoms with Crippen molar-refractivity contribution < 1.29 is 0 Å². The molecule has 5 aromatic rings. The second-order valence-electron chi connectivity index (χ2n) is 5.64. The SMILES string of the molecule is O=c1[nH]c(Sc2ncc3ccccn23)nc2c1cnn2-c1ccccc1. The third kappa shape index (κ3) is 2.39. The third-order valence-corrected chi connectivity index (χ3v) is 4.88. The lowest BCUT2D eigenvalue weighted by molar-refractivity contribution is 0.868. The van der Waals surface area contributed by atoms with E-state index < -0.39 is 0 Å². The molecule has 0 amide bonds. The van der Waals surface area contributed by atoms with Crippen LogP contribution in [0, 0.1) is 0 Å². The summed E-state index contributed by atoms with van der Waals surface area (Å²) in [5.41, 5.74) is 2.12. The van der Waals surface area contributed by atoms with Crippen molar-refractivity contribution in [2.24, 2.45) is 0 Å². The largest absolute Gasteiger partial charge is 0.300 e. The monoisotopic (exact) mass is 360 g/mol. The van der Waals surface area contributed by atoms with Crippen molar-refractivity contribution in [1.82, 2.24) is 29.1 Å². The maximum Gasteiger partial charge on any atom is 0.262 e. The number of nitrogens with zero attached hydrogens (tertiary/aromatic N) is 5. The molecular formula is C18H12N6OS. The van der Waals surface area contributed by atoms with Crippen LogP contribution in [0.2, 0.25) is 0 Å². The molecule has 7 nitrogen and oxygen atoms in total. The van der Waals surface area contributed by atoms with E-state index in [0.717, 1.165) is 16.4 Å². The van der Waals surface area contributed by atoms with Gasteiger partial charge < -0.3 is 4.98 Å². The molecule has 8 heteroatoms. The molecule has 0 saturated heterocycles. The van der Waals surface area contributed by atoms with Crippen LogP contribution in [0.3, 0.4) is 0 Å². The van der Waals surface area contributed by atoms with Gasteiger partial charge in [-0.2, -0.15) is 5.10 Å². The van der Waals surface area contributed by atoms with Crippen molar-refractivity contribution in [3.8, 4) is 5.69 Å². The van der Waals surface area contributed by atoms with E-state index in [1.807, 2.05) is 59.1 Å². The Morgan fingerprint density at radius 2 is 1.85 bits per heavy atom. The predicted molar refractivity (Wildman–Crippen MR) is 98.8 cm³/mol. The van der Waals surface area contributed by atoms with Crippen molar-refractivity contribution in [2.75, 3.05) is 0 Å². The Labute approximate surface area is 151 Å². The highest BCUT2D eigenvalue weighted by Crippen LogP contribution is 2.25. The number of pyridine rings is 1. The number of nitrogens with one attached hydrogen (secondary N) is 1. The molecule has 1 aromatic carbocycles. The van der Waals surface area contributed by atoms with Crippen LogP contribution in [0.4, 0.5) is 0 Å². The Balaban J connectivity index is 1.64. The molecule has 1 N–H and O–H groups in total. The molecule has 4 aromatic heterocycles. The van der Waals surface area contributed by atoms with Gasteiger partial charge in [-0.25, -0.2) is 14.6 Å². The maximum atomic E-state index is 12.4. The van der Waals surface area contributed by atoms with Gasteiger partial charge in [0.05, 0.1) is 23.6 Å². The number of hydrogen-bond donors (Lipinski definition) is 1. The zero-order chi connectivity index (χ0) is 17.5. The van der Waals surface area contributed by atoms with E-state index in [2.05, 4.69) is 20.1 Å². The Hall–Kier alpha value is -3.39. The van der Waals surface area contributed by atoms with Gasteiger partial charge in [0.25, 0.3) is 5.56 Å². The molecule has 0 aliphatic heterocycles. The van der Waals surface area contributed by atoms with Crippen molar-refractivity contribution in [1.29, 1.82) is 0 Å². The first kappa shape index (κ1) is 14.9. The predicted octanol–water partition coefficient (Wildman–Crippen LogP) is 2.91. The Morgan fingerprint density at radius 3 is 2.73 bits per heavy atom. The maximum absolute atomic E-state index is 12.4. The lowest BCUT2D eigenvalue weighted by Crippen LogP contribution is -2.09. The van der Waals surface area contributed by atoms with Crippen molar-refractivity contribution in [3.63, 3.8) is 0 Å². The highest BCUT2D eigenvalue weighted by molar-refractivity contribution is 7.99. The Morgan fingerprint density at radius 1 is 1.00 bits per heavy atom. The van der Waals surface area contributed by atoms with Crippen LogP contribution in [-0.2, 0) is 0 Å². The first-order valence-electron chi connectivity index (χ1n) is 7.93. The minimum atomic E-state index is -0.222. The van der Waals surface area contributed by atoms with Gasteiger partial charge in [0, 0.05) is 6.20 Å². The zero-order valence-corrected chi connectivity index (χ0v) is 14.2. The number of fused-ring (bicyclic) bond motifs is 2. The fourth-order valence-electron chi connectivity index (χ4n) is 2.79. The molecule has 26 heavy (non-hydrogen) atoms. The van der Waals surface area contributed by atoms with Crippen LogP contribution in [0.5, 0.6) is 0 Å². The molecule has 5 rings (SSSR count). The van der Waals surface area contributed by atoms with Gasteiger partial charge in [-0.05, 0) is 36.0 Å². The molecule has 0 aliphatic carbocycles. The van der Waals surface area contributed by atoms with Crippen LogP contribution in [-0.4, -0.2) is 29.1 Å². The number of imidazole rings is 1. The van der Waals surface area contributed by atoms with Crippen LogP contribution in [0.1, 0.15) is 0 Å². The van der Waals surface area contributed by atoms with E-state index in [1.165, 1.54) is 18.0 Å². The van der Waals surface area contributed by atoms with E-state index >= 15 is 0 Å². The van der Waals surface area contributed by atoms with Crippen LogP contribution < -0.4 is 5.56 Å². The summed E-state index contributed by atoms with van der Waals surface area (Å²) < 4.78 is 3.61. The van der Waals surface area contributed by atoms with E-state index in [9.17, 15) is 4.79 Å². The second-order valence-corrected chi connectivity index (χ2v) is 6.59. The van der Waals surface area contributed by atoms with Gasteiger partial charge in [-0.1, -0.05) is 24.3 Å². The van der Waals surface area contributed by atoms with Crippen molar-refractivity contribution >= 4 is 28.3 Å². The van der Waals surface area contributed by atoms with Gasteiger partial charge in [0.2, 0.25) is 0 Å². The highest BCUT2D eigenvalue weighted by atomic mass is 32.2. The first-order chi connectivity index (χ1) is 12.8. The molecule has 0 fully saturated rings. The lowest BCUT2D eigenvalue weighted by Gasteiger charge is -2.04. The average Bonchev–Trinajstić information content (AvgIpc) is 3.28. The number of rotatable bonds is 3. The van der Waals surface area contributed by atoms with Gasteiger partial charge in [0.15, 0.2) is 16.0 Å². The quantitative estimate of drug-likeness (QED) is 0.500. The molecule has 0 atom stereocenters. The highest BCUT2D eigenvalue weighted by Gasteiger charge is 2.13. The lowest BCUT2D eigenvalue weighted by atomic mass is 10.3. The fraction of sp³-hybridized carbons (Fsp3) is 0. The Kier molecular flexibility index (Phi) is 3.36. The summed E-state index contributed by atoms with van der Waals surface area (Å²) >= 11 is 1.30. The van der Waals surface area contributed by atoms with Crippen LogP contribution >= 0.6 is 11.8 Å². The molecule has 0 unspecified atom stereocenters. The number of aromatic amines is 1. The van der Waals surface area contributed by atoms with E-state index in [1.54, 1.807) is 10.9 Å². The van der Waals surface area contributed by atoms with Crippen molar-refractivity contribution in [3.05, 3.63) is 77.5 Å². The molecule has 4 heterocycles. The standard InChI is InChI=1S/C18H12N6OS/c25-16-14-11-20-24(12-6-2-1-3-7-12)15(14)21-17(22-16)26-18-19-10-13-8-4-5-9-23(13)18/h1-11H,(H,21,22,25). The number of benzene rings is 1. The molecule has 126 valence electrons. The first-order valence-corrected chi connectivity index (χ1v) is 8.75. The molecule has 0 radical (unpaired) electrons. The fourth-order valence-corrected chi connectivity index (χ4v) is 3.60. The van der Waals surface area contributed by atoms with E-state index in [-0.39, 0.29) is 5.56 Å². The minimum absolute atomic E-state index is 0.222. The van der Waals surface area contributed by atoms with Gasteiger partial charge >= 0.3 is 0 Å². The molecular weight excluding hydrogens is 348 g/mol. The summed E-state index contributed by atoms with van der Waals surface area (Å²) in [6.45, 7) is 0. The number of hydrogen-bond acceptors (Lipinski definition) is 5. The Bertz CT molecular complexity index is 1290. The van der Waals surface area contributed by atoms with Gasteiger partial charge in [-0.3, -0.25) is 9.20 Å². The molecule has 0 spiro atoms. The number of H-pyrrole nitrogens is 1. The minimum Gasteiger partial charge on any atom is -0.300 e. The summed E-state index contributed by atoms with van der Waals surface area (Å²) in [5, 5.41) is 5.97. The second kappa shape index (κ2) is 5.85. The van der Waals surface area contributed by atoms with Crippen LogP contribution in [0.15, 0.2) is 82.2 Å².